The molecule has 0 saturated carbocycles. The topological polar surface area (TPSA) is 491 Å². The van der Waals surface area contributed by atoms with Crippen LogP contribution in [0.15, 0.2) is 0 Å². The van der Waals surface area contributed by atoms with Crippen LogP contribution in [0, 0.1) is 11.8 Å². The molecule has 74 heavy (non-hydrogen) atoms. The van der Waals surface area contributed by atoms with Gasteiger partial charge in [0.2, 0.25) is 65.5 Å². The van der Waals surface area contributed by atoms with E-state index in [0.29, 0.717) is 6.42 Å². The maximum absolute atomic E-state index is 14.3. The second-order valence-corrected chi connectivity index (χ2v) is 18.6. The summed E-state index contributed by atoms with van der Waals surface area (Å²) >= 11 is 0. The highest BCUT2D eigenvalue weighted by molar-refractivity contribution is 5.99. The van der Waals surface area contributed by atoms with Gasteiger partial charge in [-0.3, -0.25) is 52.7 Å². The van der Waals surface area contributed by atoms with Crippen LogP contribution in [-0.4, -0.2) is 188 Å². The minimum Gasteiger partial charge on any atom is -0.391 e. The van der Waals surface area contributed by atoms with Gasteiger partial charge < -0.3 is 97.4 Å². The minimum atomic E-state index is -1.68. The molecule has 0 spiro atoms. The molecule has 13 atom stereocenters. The van der Waals surface area contributed by atoms with E-state index in [-0.39, 0.29) is 83.6 Å². The van der Waals surface area contributed by atoms with Crippen molar-refractivity contribution in [1.82, 2.24) is 58.5 Å². The molecular weight excluding hydrogens is 973 g/mol. The third-order valence-corrected chi connectivity index (χ3v) is 12.0. The number of amides is 11. The summed E-state index contributed by atoms with van der Waals surface area (Å²) in [6.45, 7) is 8.25. The summed E-state index contributed by atoms with van der Waals surface area (Å²) in [5.41, 5.74) is 28.9. The van der Waals surface area contributed by atoms with Crippen LogP contribution in [-0.2, 0) is 52.7 Å². The SMILES string of the molecule is CCC(C)C1NC(=O)C(CC(C)C)NC(=O)C(CCN)NC(=O)C(NC(=O)C(CCN)NC(=O)C(NC(=O)C(CCN)NC=O)C(C)O)CCNC(=O)C(C(C)O)NC(=O)C(CCN)NC(=O)C(CCN)NC1=O. The van der Waals surface area contributed by atoms with Crippen molar-refractivity contribution in [3.05, 3.63) is 0 Å². The van der Waals surface area contributed by atoms with E-state index in [1.165, 1.54) is 13.8 Å². The predicted octanol–water partition coefficient (Wildman–Crippen LogP) is -8.42. The fourth-order valence-electron chi connectivity index (χ4n) is 7.59. The first-order valence-corrected chi connectivity index (χ1v) is 25.0. The lowest BCUT2D eigenvalue weighted by atomic mass is 9.96. The number of hydrogen-bond donors (Lipinski definition) is 18. The Labute approximate surface area is 431 Å². The van der Waals surface area contributed by atoms with Crippen molar-refractivity contribution in [1.29, 1.82) is 0 Å². The quantitative estimate of drug-likeness (QED) is 0.0399. The number of aliphatic hydroxyl groups is 2. The highest BCUT2D eigenvalue weighted by Crippen LogP contribution is 2.13. The lowest BCUT2D eigenvalue weighted by Crippen LogP contribution is -2.62. The molecule has 0 radical (unpaired) electrons. The number of rotatable bonds is 24. The zero-order valence-corrected chi connectivity index (χ0v) is 43.3. The molecule has 1 rings (SSSR count). The van der Waals surface area contributed by atoms with E-state index in [0.717, 1.165) is 0 Å². The molecule has 1 aliphatic rings. The molecule has 23 N–H and O–H groups in total. The van der Waals surface area contributed by atoms with Crippen LogP contribution in [0.3, 0.4) is 0 Å². The number of hydrogen-bond acceptors (Lipinski definition) is 18. The van der Waals surface area contributed by atoms with Gasteiger partial charge in [0, 0.05) is 6.54 Å². The third kappa shape index (κ3) is 22.2. The lowest BCUT2D eigenvalue weighted by molar-refractivity contribution is -0.137. The Kier molecular flexibility index (Phi) is 30.6. The summed E-state index contributed by atoms with van der Waals surface area (Å²) in [5.74, 6) is -9.99. The van der Waals surface area contributed by atoms with Crippen molar-refractivity contribution >= 4 is 65.5 Å². The van der Waals surface area contributed by atoms with Crippen molar-refractivity contribution in [2.75, 3.05) is 39.3 Å². The molecule has 0 aromatic rings. The zero-order valence-electron chi connectivity index (χ0n) is 43.3. The number of carbonyl (C=O) groups excluding carboxylic acids is 11. The van der Waals surface area contributed by atoms with E-state index in [4.69, 9.17) is 28.7 Å². The van der Waals surface area contributed by atoms with Crippen LogP contribution in [0.4, 0.5) is 0 Å². The molecule has 0 aromatic carbocycles. The number of nitrogens with two attached hydrogens (primary N) is 5. The van der Waals surface area contributed by atoms with Crippen LogP contribution >= 0.6 is 0 Å². The Hall–Kier alpha value is -6.11. The smallest absolute Gasteiger partial charge is 0.245 e. The Bertz CT molecular complexity index is 1880. The van der Waals surface area contributed by atoms with Crippen molar-refractivity contribution in [2.45, 2.75) is 166 Å². The van der Waals surface area contributed by atoms with Gasteiger partial charge in [0.25, 0.3) is 0 Å². The fraction of sp³-hybridized carbons (Fsp3) is 0.756. The van der Waals surface area contributed by atoms with Crippen LogP contribution in [0.2, 0.25) is 0 Å². The molecule has 0 bridgehead atoms. The highest BCUT2D eigenvalue weighted by atomic mass is 16.3. The first-order chi connectivity index (χ1) is 34.9. The Morgan fingerprint density at radius 3 is 1.54 bits per heavy atom. The van der Waals surface area contributed by atoms with E-state index in [1.807, 2.05) is 0 Å². The highest BCUT2D eigenvalue weighted by Gasteiger charge is 2.38. The first kappa shape index (κ1) is 65.9. The molecule has 1 fully saturated rings. The Morgan fingerprint density at radius 1 is 0.595 bits per heavy atom. The average Bonchev–Trinajstić information content (AvgIpc) is 3.33. The van der Waals surface area contributed by atoms with Gasteiger partial charge in [-0.15, -0.1) is 0 Å². The molecule has 11 amide bonds. The van der Waals surface area contributed by atoms with Crippen molar-refractivity contribution in [2.24, 2.45) is 40.5 Å². The lowest BCUT2D eigenvalue weighted by Gasteiger charge is -2.30. The summed E-state index contributed by atoms with van der Waals surface area (Å²) in [7, 11) is 0. The molecule has 1 heterocycles. The molecular formula is C45H84N16O13. The van der Waals surface area contributed by atoms with E-state index in [9.17, 15) is 63.0 Å². The minimum absolute atomic E-state index is 0.0269. The molecule has 0 aromatic heterocycles. The van der Waals surface area contributed by atoms with E-state index < -0.39 is 151 Å². The second kappa shape index (κ2) is 34.4. The number of carbonyl (C=O) groups is 11. The summed E-state index contributed by atoms with van der Waals surface area (Å²) in [5, 5.41) is 48.5. The van der Waals surface area contributed by atoms with Crippen LogP contribution < -0.4 is 87.2 Å². The van der Waals surface area contributed by atoms with Crippen molar-refractivity contribution < 1.29 is 63.0 Å². The first-order valence-electron chi connectivity index (χ1n) is 25.0. The van der Waals surface area contributed by atoms with Crippen molar-refractivity contribution in [3.8, 4) is 0 Å². The van der Waals surface area contributed by atoms with Gasteiger partial charge in [0.15, 0.2) is 0 Å². The molecule has 29 heteroatoms. The maximum atomic E-state index is 14.3. The summed E-state index contributed by atoms with van der Waals surface area (Å²) in [6.07, 6.45) is -3.68. The van der Waals surface area contributed by atoms with Gasteiger partial charge in [-0.25, -0.2) is 0 Å². The van der Waals surface area contributed by atoms with Gasteiger partial charge >= 0.3 is 0 Å². The number of aliphatic hydroxyl groups excluding tert-OH is 2. The number of nitrogens with one attached hydrogen (secondary N) is 11. The van der Waals surface area contributed by atoms with Gasteiger partial charge in [-0.1, -0.05) is 34.1 Å². The van der Waals surface area contributed by atoms with Crippen LogP contribution in [0.25, 0.3) is 0 Å². The summed E-state index contributed by atoms with van der Waals surface area (Å²) < 4.78 is 0. The zero-order chi connectivity index (χ0) is 56.2. The predicted molar refractivity (Wildman–Crippen MR) is 269 cm³/mol. The van der Waals surface area contributed by atoms with Crippen molar-refractivity contribution in [3.63, 3.8) is 0 Å². The van der Waals surface area contributed by atoms with Gasteiger partial charge in [0.1, 0.15) is 60.4 Å². The Balaban J connectivity index is 3.91. The monoisotopic (exact) mass is 1060 g/mol. The summed E-state index contributed by atoms with van der Waals surface area (Å²) in [6, 6.07) is -14.5. The Morgan fingerprint density at radius 2 is 1.07 bits per heavy atom. The van der Waals surface area contributed by atoms with Gasteiger partial charge in [-0.2, -0.15) is 0 Å². The molecule has 1 saturated heterocycles. The molecule has 13 unspecified atom stereocenters. The second-order valence-electron chi connectivity index (χ2n) is 18.6. The average molecular weight is 1060 g/mol. The largest absolute Gasteiger partial charge is 0.391 e. The van der Waals surface area contributed by atoms with Gasteiger partial charge in [0.05, 0.1) is 12.2 Å². The third-order valence-electron chi connectivity index (χ3n) is 12.0. The maximum Gasteiger partial charge on any atom is 0.245 e. The van der Waals surface area contributed by atoms with Crippen LogP contribution in [0.1, 0.15) is 92.9 Å². The molecule has 1 aliphatic heterocycles. The fourth-order valence-corrected chi connectivity index (χ4v) is 7.59. The summed E-state index contributed by atoms with van der Waals surface area (Å²) in [4.78, 5) is 149. The van der Waals surface area contributed by atoms with Crippen LogP contribution in [0.5, 0.6) is 0 Å². The molecule has 29 nitrogen and oxygen atoms in total. The molecule has 422 valence electrons. The normalized spacial score (nSPS) is 24.6. The standard InChI is InChI=1S/C45H84N16O13/c1-7-23(4)33-44(73)56-28(10-16-48)37(66)54-30(12-18-50)41(70)60-34(24(5)63)43(72)51-19-13-31(40(69)53-27(9-15-47)39(68)58-32(20-22(2)3)42(71)59-33)55-38(67)29(11-17-49)57-45(74)35(25(6)64)61-36(65)26(8-14-46)52-21-62/h21-35,63-64H,7-20,46-50H2,1-6H3,(H,51,72)(H,52,62)(H,53,69)(H,54,66)(H,55,67)(H,56,73)(H,57,74)(H,58,68)(H,59,71)(H,60,70)(H,61,65). The van der Waals surface area contributed by atoms with E-state index in [1.54, 1.807) is 27.7 Å². The van der Waals surface area contributed by atoms with E-state index >= 15 is 0 Å². The van der Waals surface area contributed by atoms with E-state index in [2.05, 4.69) is 58.5 Å². The van der Waals surface area contributed by atoms with Gasteiger partial charge in [-0.05, 0) is 103 Å². The molecule has 0 aliphatic carbocycles.